The minimum absolute atomic E-state index is 0.844. The van der Waals surface area contributed by atoms with Crippen LogP contribution in [0.3, 0.4) is 0 Å². The standard InChI is InChI=1S/C18H21N4O/c1-4-17-21(5-2)18(14-10-12-19-13-11-14)20-22(17)15-6-8-16(23-3)9-7-15/h6-13H,4-5H2,1-3H3/q+1. The molecule has 1 aromatic carbocycles. The SMILES string of the molecule is CCc1n(-c2ccc(OC)cc2)nc(-c2ccncc2)[n+]1CC. The molecule has 0 fully saturated rings. The van der Waals surface area contributed by atoms with Crippen LogP contribution in [0.5, 0.6) is 5.75 Å². The summed E-state index contributed by atoms with van der Waals surface area (Å²) in [6, 6.07) is 12.0. The van der Waals surface area contributed by atoms with E-state index in [0.29, 0.717) is 0 Å². The average Bonchev–Trinajstić information content (AvgIpc) is 3.01. The van der Waals surface area contributed by atoms with Crippen molar-refractivity contribution in [1.82, 2.24) is 14.8 Å². The third kappa shape index (κ3) is 2.82. The third-order valence-electron chi connectivity index (χ3n) is 3.89. The summed E-state index contributed by atoms with van der Waals surface area (Å²) in [5.74, 6) is 2.98. The number of pyridine rings is 1. The smallest absolute Gasteiger partial charge is 0.309 e. The van der Waals surface area contributed by atoms with E-state index in [0.717, 1.165) is 35.8 Å². The van der Waals surface area contributed by atoms with Crippen LogP contribution < -0.4 is 9.30 Å². The second-order valence-corrected chi connectivity index (χ2v) is 5.18. The Labute approximate surface area is 136 Å². The maximum atomic E-state index is 5.24. The first-order valence-corrected chi connectivity index (χ1v) is 7.85. The van der Waals surface area contributed by atoms with Crippen LogP contribution in [0.2, 0.25) is 0 Å². The molecule has 2 heterocycles. The van der Waals surface area contributed by atoms with Crippen LogP contribution in [-0.4, -0.2) is 21.9 Å². The molecule has 0 aliphatic rings. The van der Waals surface area contributed by atoms with Crippen molar-refractivity contribution in [3.63, 3.8) is 0 Å². The fraction of sp³-hybridized carbons (Fsp3) is 0.278. The highest BCUT2D eigenvalue weighted by atomic mass is 16.5. The van der Waals surface area contributed by atoms with Crippen molar-refractivity contribution in [3.8, 4) is 22.8 Å². The number of hydrogen-bond donors (Lipinski definition) is 0. The number of benzene rings is 1. The van der Waals surface area contributed by atoms with Crippen molar-refractivity contribution in [2.75, 3.05) is 7.11 Å². The number of aromatic nitrogens is 4. The number of rotatable bonds is 5. The monoisotopic (exact) mass is 309 g/mol. The summed E-state index contributed by atoms with van der Waals surface area (Å²) in [7, 11) is 1.67. The summed E-state index contributed by atoms with van der Waals surface area (Å²) in [5.41, 5.74) is 2.11. The van der Waals surface area contributed by atoms with Gasteiger partial charge in [-0.2, -0.15) is 0 Å². The van der Waals surface area contributed by atoms with E-state index in [1.165, 1.54) is 5.82 Å². The molecule has 118 valence electrons. The van der Waals surface area contributed by atoms with E-state index in [1.54, 1.807) is 19.5 Å². The maximum Gasteiger partial charge on any atom is 0.309 e. The first kappa shape index (κ1) is 15.2. The van der Waals surface area contributed by atoms with E-state index in [9.17, 15) is 0 Å². The largest absolute Gasteiger partial charge is 0.497 e. The third-order valence-corrected chi connectivity index (χ3v) is 3.89. The number of ether oxygens (including phenoxy) is 1. The van der Waals surface area contributed by atoms with E-state index < -0.39 is 0 Å². The molecule has 0 atom stereocenters. The van der Waals surface area contributed by atoms with Gasteiger partial charge in [-0.25, -0.2) is 4.57 Å². The first-order chi connectivity index (χ1) is 11.3. The Bertz CT molecular complexity index is 779. The normalized spacial score (nSPS) is 10.7. The summed E-state index contributed by atoms with van der Waals surface area (Å²) in [4.78, 5) is 4.10. The van der Waals surface area contributed by atoms with Gasteiger partial charge in [-0.3, -0.25) is 4.98 Å². The van der Waals surface area contributed by atoms with Gasteiger partial charge in [0, 0.05) is 18.8 Å². The van der Waals surface area contributed by atoms with Crippen LogP contribution in [0.4, 0.5) is 0 Å². The molecule has 0 radical (unpaired) electrons. The van der Waals surface area contributed by atoms with E-state index in [1.807, 2.05) is 41.1 Å². The van der Waals surface area contributed by atoms with Crippen molar-refractivity contribution >= 4 is 0 Å². The summed E-state index contributed by atoms with van der Waals surface area (Å²) in [6.45, 7) is 5.17. The molecule has 5 heteroatoms. The lowest BCUT2D eigenvalue weighted by atomic mass is 10.2. The molecular formula is C18H21N4O+. The van der Waals surface area contributed by atoms with Gasteiger partial charge >= 0.3 is 5.82 Å². The molecule has 0 aliphatic heterocycles. The number of methoxy groups -OCH3 is 1. The topological polar surface area (TPSA) is 43.8 Å². The molecule has 3 rings (SSSR count). The Morgan fingerprint density at radius 1 is 1.04 bits per heavy atom. The van der Waals surface area contributed by atoms with Gasteiger partial charge in [0.2, 0.25) is 5.82 Å². The van der Waals surface area contributed by atoms with E-state index in [4.69, 9.17) is 9.84 Å². The fourth-order valence-corrected chi connectivity index (χ4v) is 2.76. The van der Waals surface area contributed by atoms with E-state index in [2.05, 4.69) is 23.4 Å². The van der Waals surface area contributed by atoms with Crippen molar-refractivity contribution in [3.05, 3.63) is 54.6 Å². The lowest BCUT2D eigenvalue weighted by Crippen LogP contribution is -2.38. The van der Waals surface area contributed by atoms with Gasteiger partial charge in [-0.1, -0.05) is 11.6 Å². The summed E-state index contributed by atoms with van der Waals surface area (Å²) in [5, 5.41) is 4.86. The van der Waals surface area contributed by atoms with Crippen LogP contribution in [0.25, 0.3) is 17.1 Å². The second-order valence-electron chi connectivity index (χ2n) is 5.18. The van der Waals surface area contributed by atoms with Crippen LogP contribution in [0, 0.1) is 0 Å². The minimum atomic E-state index is 0.844. The molecule has 0 saturated heterocycles. The molecule has 0 amide bonds. The van der Waals surface area contributed by atoms with Gasteiger partial charge in [0.1, 0.15) is 11.4 Å². The van der Waals surface area contributed by atoms with E-state index >= 15 is 0 Å². The molecule has 0 N–H and O–H groups in total. The molecule has 2 aromatic heterocycles. The molecule has 0 unspecified atom stereocenters. The Morgan fingerprint density at radius 3 is 2.30 bits per heavy atom. The maximum absolute atomic E-state index is 5.24. The highest BCUT2D eigenvalue weighted by molar-refractivity contribution is 5.50. The van der Waals surface area contributed by atoms with Crippen LogP contribution in [0.1, 0.15) is 19.7 Å². The van der Waals surface area contributed by atoms with Gasteiger partial charge in [0.25, 0.3) is 0 Å². The zero-order valence-electron chi connectivity index (χ0n) is 13.7. The van der Waals surface area contributed by atoms with Gasteiger partial charge < -0.3 is 4.74 Å². The zero-order chi connectivity index (χ0) is 16.2. The van der Waals surface area contributed by atoms with Gasteiger partial charge in [0.15, 0.2) is 0 Å². The zero-order valence-corrected chi connectivity index (χ0v) is 13.7. The second kappa shape index (κ2) is 6.60. The quantitative estimate of drug-likeness (QED) is 0.681. The molecule has 0 saturated carbocycles. The Balaban J connectivity index is 2.15. The van der Waals surface area contributed by atoms with Crippen molar-refractivity contribution in [2.45, 2.75) is 26.8 Å². The lowest BCUT2D eigenvalue weighted by Gasteiger charge is -2.02. The fourth-order valence-electron chi connectivity index (χ4n) is 2.76. The first-order valence-electron chi connectivity index (χ1n) is 7.85. The molecule has 3 aromatic rings. The Kier molecular flexibility index (Phi) is 4.37. The molecule has 23 heavy (non-hydrogen) atoms. The van der Waals surface area contributed by atoms with Crippen LogP contribution >= 0.6 is 0 Å². The molecule has 0 spiro atoms. The predicted molar refractivity (Wildman–Crippen MR) is 88.6 cm³/mol. The predicted octanol–water partition coefficient (Wildman–Crippen LogP) is 2.81. The summed E-state index contributed by atoms with van der Waals surface area (Å²) in [6.07, 6.45) is 4.50. The Morgan fingerprint density at radius 2 is 1.74 bits per heavy atom. The van der Waals surface area contributed by atoms with Gasteiger partial charge in [0.05, 0.1) is 24.3 Å². The van der Waals surface area contributed by atoms with Crippen LogP contribution in [0.15, 0.2) is 48.8 Å². The summed E-state index contributed by atoms with van der Waals surface area (Å²) < 4.78 is 9.50. The molecule has 5 nitrogen and oxygen atoms in total. The van der Waals surface area contributed by atoms with Gasteiger partial charge in [-0.15, -0.1) is 0 Å². The van der Waals surface area contributed by atoms with Crippen molar-refractivity contribution < 1.29 is 9.30 Å². The summed E-state index contributed by atoms with van der Waals surface area (Å²) >= 11 is 0. The molecule has 0 aliphatic carbocycles. The Hall–Kier alpha value is -2.69. The number of hydrogen-bond acceptors (Lipinski definition) is 3. The van der Waals surface area contributed by atoms with Crippen molar-refractivity contribution in [1.29, 1.82) is 0 Å². The highest BCUT2D eigenvalue weighted by Crippen LogP contribution is 2.19. The van der Waals surface area contributed by atoms with Crippen molar-refractivity contribution in [2.24, 2.45) is 0 Å². The molecule has 0 bridgehead atoms. The number of nitrogens with zero attached hydrogens (tertiary/aromatic N) is 4. The minimum Gasteiger partial charge on any atom is -0.497 e. The van der Waals surface area contributed by atoms with Crippen LogP contribution in [-0.2, 0) is 13.0 Å². The average molecular weight is 309 g/mol. The molecular weight excluding hydrogens is 288 g/mol. The lowest BCUT2D eigenvalue weighted by molar-refractivity contribution is -0.690. The highest BCUT2D eigenvalue weighted by Gasteiger charge is 2.25. The van der Waals surface area contributed by atoms with Gasteiger partial charge in [-0.05, 0) is 43.3 Å². The van der Waals surface area contributed by atoms with E-state index in [-0.39, 0.29) is 0 Å².